The molecule has 0 atom stereocenters. The minimum Gasteiger partial charge on any atom is -0.382 e. The Bertz CT molecular complexity index is 239. The number of rotatable bonds is 2. The van der Waals surface area contributed by atoms with E-state index in [0.29, 0.717) is 11.9 Å². The van der Waals surface area contributed by atoms with Gasteiger partial charge >= 0.3 is 0 Å². The molecule has 4 nitrogen and oxygen atoms in total. The minimum atomic E-state index is 0.391. The number of nitrogen functional groups attached to an aromatic ring is 1. The number of hydrogen-bond donors (Lipinski definition) is 2. The Balaban J connectivity index is 3.02. The normalized spacial score (nSPS) is 10.5. The summed E-state index contributed by atoms with van der Waals surface area (Å²) >= 11 is 0. The molecule has 0 radical (unpaired) electrons. The molecule has 1 aromatic rings. The second-order valence-electron chi connectivity index (χ2n) is 2.74. The van der Waals surface area contributed by atoms with Gasteiger partial charge in [-0.25, -0.2) is 0 Å². The van der Waals surface area contributed by atoms with Gasteiger partial charge in [0.25, 0.3) is 0 Å². The summed E-state index contributed by atoms with van der Waals surface area (Å²) in [6.45, 7) is 4.17. The molecule has 11 heavy (non-hydrogen) atoms. The zero-order valence-electron chi connectivity index (χ0n) is 7.13. The Morgan fingerprint density at radius 3 is 2.64 bits per heavy atom. The number of aromatic nitrogens is 2. The average Bonchev–Trinajstić information content (AvgIpc) is 2.30. The van der Waals surface area contributed by atoms with E-state index in [2.05, 4.69) is 24.1 Å². The van der Waals surface area contributed by atoms with Gasteiger partial charge in [-0.05, 0) is 13.8 Å². The van der Waals surface area contributed by atoms with Crippen molar-refractivity contribution in [3.05, 3.63) is 6.20 Å². The Hall–Kier alpha value is -1.19. The lowest BCUT2D eigenvalue weighted by Gasteiger charge is -2.09. The van der Waals surface area contributed by atoms with Gasteiger partial charge in [0.15, 0.2) is 0 Å². The summed E-state index contributed by atoms with van der Waals surface area (Å²) in [6, 6.07) is 0.391. The molecule has 0 fully saturated rings. The lowest BCUT2D eigenvalue weighted by atomic mass is 10.4. The van der Waals surface area contributed by atoms with Crippen molar-refractivity contribution in [2.45, 2.75) is 19.9 Å². The van der Waals surface area contributed by atoms with Gasteiger partial charge in [-0.1, -0.05) is 0 Å². The van der Waals surface area contributed by atoms with Crippen molar-refractivity contribution in [2.75, 3.05) is 18.1 Å². The Labute approximate surface area is 66.4 Å². The van der Waals surface area contributed by atoms with E-state index in [-0.39, 0.29) is 0 Å². The molecule has 0 aliphatic rings. The van der Waals surface area contributed by atoms with E-state index in [4.69, 9.17) is 5.73 Å². The van der Waals surface area contributed by atoms with Crippen molar-refractivity contribution in [1.29, 1.82) is 0 Å². The Morgan fingerprint density at radius 1 is 1.64 bits per heavy atom. The van der Waals surface area contributed by atoms with Gasteiger partial charge in [-0.2, -0.15) is 4.98 Å². The highest BCUT2D eigenvalue weighted by atomic mass is 15.2. The predicted molar refractivity (Wildman–Crippen MR) is 46.6 cm³/mol. The monoisotopic (exact) mass is 154 g/mol. The first-order valence-electron chi connectivity index (χ1n) is 3.67. The lowest BCUT2D eigenvalue weighted by molar-refractivity contribution is 0.607. The fourth-order valence-electron chi connectivity index (χ4n) is 0.991. The first kappa shape index (κ1) is 7.91. The SMILES string of the molecule is CNc1nc(N)cn1C(C)C. The molecular formula is C7H14N4. The molecular weight excluding hydrogens is 140 g/mol. The van der Waals surface area contributed by atoms with E-state index in [9.17, 15) is 0 Å². The smallest absolute Gasteiger partial charge is 0.204 e. The maximum Gasteiger partial charge on any atom is 0.204 e. The van der Waals surface area contributed by atoms with Crippen molar-refractivity contribution < 1.29 is 0 Å². The zero-order valence-corrected chi connectivity index (χ0v) is 7.13. The van der Waals surface area contributed by atoms with Gasteiger partial charge in [0.05, 0.1) is 0 Å². The number of hydrogen-bond acceptors (Lipinski definition) is 3. The molecule has 0 aromatic carbocycles. The molecule has 0 saturated heterocycles. The van der Waals surface area contributed by atoms with Crippen molar-refractivity contribution in [3.8, 4) is 0 Å². The van der Waals surface area contributed by atoms with Gasteiger partial charge in [0.2, 0.25) is 5.95 Å². The van der Waals surface area contributed by atoms with Gasteiger partial charge in [-0.3, -0.25) is 0 Å². The van der Waals surface area contributed by atoms with Crippen LogP contribution in [0.5, 0.6) is 0 Å². The van der Waals surface area contributed by atoms with Crippen LogP contribution in [0.1, 0.15) is 19.9 Å². The maximum atomic E-state index is 5.52. The largest absolute Gasteiger partial charge is 0.382 e. The zero-order chi connectivity index (χ0) is 8.43. The summed E-state index contributed by atoms with van der Waals surface area (Å²) in [5, 5.41) is 2.97. The second-order valence-corrected chi connectivity index (χ2v) is 2.74. The Kier molecular flexibility index (Phi) is 2.03. The van der Waals surface area contributed by atoms with E-state index >= 15 is 0 Å². The van der Waals surface area contributed by atoms with Crippen molar-refractivity contribution in [3.63, 3.8) is 0 Å². The third-order valence-corrected chi connectivity index (χ3v) is 1.53. The minimum absolute atomic E-state index is 0.391. The quantitative estimate of drug-likeness (QED) is 0.670. The summed E-state index contributed by atoms with van der Waals surface area (Å²) in [6.07, 6.45) is 1.83. The van der Waals surface area contributed by atoms with Crippen molar-refractivity contribution in [2.24, 2.45) is 0 Å². The molecule has 0 saturated carbocycles. The van der Waals surface area contributed by atoms with E-state index in [1.807, 2.05) is 17.8 Å². The van der Waals surface area contributed by atoms with Crippen LogP contribution in [0, 0.1) is 0 Å². The third kappa shape index (κ3) is 1.45. The van der Waals surface area contributed by atoms with Crippen LogP contribution in [0.25, 0.3) is 0 Å². The first-order valence-corrected chi connectivity index (χ1v) is 3.67. The molecule has 0 spiro atoms. The lowest BCUT2D eigenvalue weighted by Crippen LogP contribution is -2.04. The van der Waals surface area contributed by atoms with Crippen LogP contribution in [0.3, 0.4) is 0 Å². The molecule has 0 amide bonds. The van der Waals surface area contributed by atoms with E-state index in [1.54, 1.807) is 0 Å². The predicted octanol–water partition coefficient (Wildman–Crippen LogP) is 1.09. The summed E-state index contributed by atoms with van der Waals surface area (Å²) in [5.74, 6) is 1.38. The van der Waals surface area contributed by atoms with Gasteiger partial charge in [0.1, 0.15) is 5.82 Å². The number of anilines is 2. The molecule has 4 heteroatoms. The van der Waals surface area contributed by atoms with Crippen molar-refractivity contribution in [1.82, 2.24) is 9.55 Å². The van der Waals surface area contributed by atoms with Gasteiger partial charge in [0, 0.05) is 19.3 Å². The first-order chi connectivity index (χ1) is 5.15. The standard InChI is InChI=1S/C7H14N4/c1-5(2)11-4-6(8)10-7(11)9-3/h4-5H,8H2,1-3H3,(H,9,10). The molecule has 0 aliphatic heterocycles. The maximum absolute atomic E-state index is 5.52. The van der Waals surface area contributed by atoms with Crippen LogP contribution in [0.4, 0.5) is 11.8 Å². The van der Waals surface area contributed by atoms with E-state index < -0.39 is 0 Å². The van der Waals surface area contributed by atoms with Crippen LogP contribution < -0.4 is 11.1 Å². The van der Waals surface area contributed by atoms with E-state index in [0.717, 1.165) is 5.95 Å². The van der Waals surface area contributed by atoms with Crippen LogP contribution in [-0.2, 0) is 0 Å². The molecule has 1 aromatic heterocycles. The third-order valence-electron chi connectivity index (χ3n) is 1.53. The van der Waals surface area contributed by atoms with E-state index in [1.165, 1.54) is 0 Å². The van der Waals surface area contributed by atoms with Crippen molar-refractivity contribution >= 4 is 11.8 Å². The molecule has 0 aliphatic carbocycles. The highest BCUT2D eigenvalue weighted by molar-refractivity contribution is 5.38. The fourth-order valence-corrected chi connectivity index (χ4v) is 0.991. The number of nitrogens with two attached hydrogens (primary N) is 1. The average molecular weight is 154 g/mol. The molecule has 1 rings (SSSR count). The van der Waals surface area contributed by atoms with Crippen LogP contribution in [0.15, 0.2) is 6.20 Å². The van der Waals surface area contributed by atoms with Gasteiger partial charge in [-0.15, -0.1) is 0 Å². The summed E-state index contributed by atoms with van der Waals surface area (Å²) in [4.78, 5) is 4.08. The molecule has 3 N–H and O–H groups in total. The molecule has 0 unspecified atom stereocenters. The summed E-state index contributed by atoms with van der Waals surface area (Å²) < 4.78 is 2.00. The fraction of sp³-hybridized carbons (Fsp3) is 0.571. The Morgan fingerprint density at radius 2 is 2.27 bits per heavy atom. The van der Waals surface area contributed by atoms with Crippen LogP contribution >= 0.6 is 0 Å². The number of nitrogens with zero attached hydrogens (tertiary/aromatic N) is 2. The van der Waals surface area contributed by atoms with Crippen LogP contribution in [0.2, 0.25) is 0 Å². The molecule has 1 heterocycles. The van der Waals surface area contributed by atoms with Gasteiger partial charge < -0.3 is 15.6 Å². The summed E-state index contributed by atoms with van der Waals surface area (Å²) in [5.41, 5.74) is 5.52. The second kappa shape index (κ2) is 2.82. The topological polar surface area (TPSA) is 55.9 Å². The number of nitrogens with one attached hydrogen (secondary N) is 1. The highest BCUT2D eigenvalue weighted by Gasteiger charge is 2.05. The van der Waals surface area contributed by atoms with Crippen LogP contribution in [-0.4, -0.2) is 16.6 Å². The number of imidazole rings is 1. The summed E-state index contributed by atoms with van der Waals surface area (Å²) in [7, 11) is 1.83. The molecule has 62 valence electrons. The molecule has 0 bridgehead atoms. The highest BCUT2D eigenvalue weighted by Crippen LogP contribution is 2.15.